The molecule has 5 rings (SSSR count). The Morgan fingerprint density at radius 1 is 1.03 bits per heavy atom. The number of hydrogen-bond donors (Lipinski definition) is 0. The molecule has 0 bridgehead atoms. The average molecular weight is 404 g/mol. The van der Waals surface area contributed by atoms with Crippen LogP contribution in [0.3, 0.4) is 0 Å². The molecule has 2 heterocycles. The average Bonchev–Trinajstić information content (AvgIpc) is 3.05. The second-order valence-corrected chi connectivity index (χ2v) is 7.60. The molecule has 0 fully saturated rings. The molecule has 0 aromatic heterocycles. The monoisotopic (exact) mass is 403 g/mol. The molecule has 0 atom stereocenters. The van der Waals surface area contributed by atoms with Crippen molar-refractivity contribution in [1.29, 1.82) is 0 Å². The van der Waals surface area contributed by atoms with Gasteiger partial charge >= 0.3 is 0 Å². The molecule has 0 saturated heterocycles. The summed E-state index contributed by atoms with van der Waals surface area (Å²) >= 11 is 6.06. The van der Waals surface area contributed by atoms with Gasteiger partial charge in [-0.3, -0.25) is 9.69 Å². The summed E-state index contributed by atoms with van der Waals surface area (Å²) in [6, 6.07) is 21.2. The number of benzene rings is 3. The summed E-state index contributed by atoms with van der Waals surface area (Å²) < 4.78 is 12.0. The third-order valence-corrected chi connectivity index (χ3v) is 5.31. The number of allylic oxidation sites excluding steroid dienone is 1. The van der Waals surface area contributed by atoms with E-state index in [0.717, 1.165) is 23.4 Å². The normalized spacial score (nSPS) is 16.9. The van der Waals surface area contributed by atoms with Crippen molar-refractivity contribution in [3.8, 4) is 11.5 Å². The molecule has 0 N–H and O–H groups in total. The minimum atomic E-state index is -0.122. The maximum atomic E-state index is 12.9. The summed E-state index contributed by atoms with van der Waals surface area (Å²) in [6.07, 6.45) is 1.73. The third-order valence-electron chi connectivity index (χ3n) is 5.08. The van der Waals surface area contributed by atoms with Gasteiger partial charge in [-0.15, -0.1) is 0 Å². The number of ether oxygens (including phenoxy) is 2. The minimum absolute atomic E-state index is 0.122. The highest BCUT2D eigenvalue weighted by Crippen LogP contribution is 2.42. The third kappa shape index (κ3) is 3.53. The highest BCUT2D eigenvalue weighted by Gasteiger charge is 2.33. The first-order valence-electron chi connectivity index (χ1n) is 9.42. The van der Waals surface area contributed by atoms with Crippen LogP contribution in [0.25, 0.3) is 6.08 Å². The van der Waals surface area contributed by atoms with Gasteiger partial charge in [0.15, 0.2) is 5.76 Å². The molecule has 0 unspecified atom stereocenters. The van der Waals surface area contributed by atoms with Crippen molar-refractivity contribution in [3.05, 3.63) is 99.8 Å². The van der Waals surface area contributed by atoms with Crippen molar-refractivity contribution in [2.45, 2.75) is 13.1 Å². The molecule has 2 aliphatic rings. The van der Waals surface area contributed by atoms with Crippen LogP contribution in [-0.4, -0.2) is 17.4 Å². The molecular formula is C24H18ClNO3. The van der Waals surface area contributed by atoms with E-state index in [2.05, 4.69) is 17.0 Å². The van der Waals surface area contributed by atoms with Gasteiger partial charge in [-0.25, -0.2) is 0 Å². The lowest BCUT2D eigenvalue weighted by molar-refractivity contribution is 0.0873. The van der Waals surface area contributed by atoms with Gasteiger partial charge < -0.3 is 9.47 Å². The Hall–Kier alpha value is -3.08. The molecule has 4 nitrogen and oxygen atoms in total. The smallest absolute Gasteiger partial charge is 0.231 e. The summed E-state index contributed by atoms with van der Waals surface area (Å²) in [5.74, 6) is 1.54. The first-order valence-corrected chi connectivity index (χ1v) is 9.80. The Morgan fingerprint density at radius 2 is 1.90 bits per heavy atom. The van der Waals surface area contributed by atoms with E-state index in [0.29, 0.717) is 35.4 Å². The van der Waals surface area contributed by atoms with Gasteiger partial charge in [0.2, 0.25) is 5.78 Å². The van der Waals surface area contributed by atoms with Gasteiger partial charge in [0.25, 0.3) is 0 Å². The van der Waals surface area contributed by atoms with Crippen LogP contribution in [-0.2, 0) is 13.1 Å². The second-order valence-electron chi connectivity index (χ2n) is 7.16. The van der Waals surface area contributed by atoms with E-state index < -0.39 is 0 Å². The lowest BCUT2D eigenvalue weighted by atomic mass is 10.0. The van der Waals surface area contributed by atoms with E-state index in [1.807, 2.05) is 36.4 Å². The summed E-state index contributed by atoms with van der Waals surface area (Å²) in [6.45, 7) is 1.92. The number of rotatable bonds is 3. The number of halogens is 1. The number of ketones is 1. The molecule has 0 aliphatic carbocycles. The van der Waals surface area contributed by atoms with E-state index in [-0.39, 0.29) is 5.78 Å². The number of carbonyl (C=O) groups is 1. The molecule has 3 aromatic rings. The fourth-order valence-electron chi connectivity index (χ4n) is 3.70. The van der Waals surface area contributed by atoms with Crippen molar-refractivity contribution in [2.75, 3.05) is 6.73 Å². The van der Waals surface area contributed by atoms with Crippen LogP contribution in [0.5, 0.6) is 11.5 Å². The predicted molar refractivity (Wildman–Crippen MR) is 112 cm³/mol. The van der Waals surface area contributed by atoms with Crippen LogP contribution in [0.15, 0.2) is 72.5 Å². The Balaban J connectivity index is 1.44. The van der Waals surface area contributed by atoms with Crippen LogP contribution >= 0.6 is 11.6 Å². The fraction of sp³-hybridized carbons (Fsp3) is 0.125. The van der Waals surface area contributed by atoms with Crippen molar-refractivity contribution in [3.63, 3.8) is 0 Å². The van der Waals surface area contributed by atoms with E-state index in [9.17, 15) is 4.79 Å². The first-order chi connectivity index (χ1) is 14.2. The summed E-state index contributed by atoms with van der Waals surface area (Å²) in [7, 11) is 0. The lowest BCUT2D eigenvalue weighted by Gasteiger charge is -2.29. The molecule has 0 radical (unpaired) electrons. The Kier molecular flexibility index (Phi) is 4.58. The predicted octanol–water partition coefficient (Wildman–Crippen LogP) is 5.31. The molecule has 2 aliphatic heterocycles. The van der Waals surface area contributed by atoms with Crippen LogP contribution in [0.4, 0.5) is 0 Å². The van der Waals surface area contributed by atoms with E-state index >= 15 is 0 Å². The molecule has 0 spiro atoms. The molecule has 29 heavy (non-hydrogen) atoms. The fourth-order valence-corrected chi connectivity index (χ4v) is 3.89. The summed E-state index contributed by atoms with van der Waals surface area (Å²) in [5, 5.41) is 0.615. The number of Topliss-reactive ketones (excluding diaryl/α,β-unsaturated/α-hetero) is 1. The standard InChI is InChI=1S/C24H18ClNO3/c25-18-8-4-7-17(11-18)12-22-23(27)19-9-10-21-20(24(19)29-22)14-26(15-28-21)13-16-5-2-1-3-6-16/h1-12H,13-15H2/b22-12-. The highest BCUT2D eigenvalue weighted by molar-refractivity contribution is 6.30. The van der Waals surface area contributed by atoms with Gasteiger partial charge in [-0.1, -0.05) is 54.1 Å². The van der Waals surface area contributed by atoms with E-state index in [4.69, 9.17) is 21.1 Å². The van der Waals surface area contributed by atoms with E-state index in [1.54, 1.807) is 24.3 Å². The molecular weight excluding hydrogens is 386 g/mol. The zero-order valence-electron chi connectivity index (χ0n) is 15.6. The summed E-state index contributed by atoms with van der Waals surface area (Å²) in [4.78, 5) is 15.0. The Bertz CT molecular complexity index is 1120. The van der Waals surface area contributed by atoms with Crippen molar-refractivity contribution >= 4 is 23.5 Å². The quantitative estimate of drug-likeness (QED) is 0.555. The maximum Gasteiger partial charge on any atom is 0.231 e. The van der Waals surface area contributed by atoms with Crippen molar-refractivity contribution < 1.29 is 14.3 Å². The minimum Gasteiger partial charge on any atom is -0.478 e. The van der Waals surface area contributed by atoms with Gasteiger partial charge in [0.1, 0.15) is 18.2 Å². The molecule has 0 amide bonds. The topological polar surface area (TPSA) is 38.8 Å². The number of hydrogen-bond acceptors (Lipinski definition) is 4. The van der Waals surface area contributed by atoms with E-state index in [1.165, 1.54) is 5.56 Å². The van der Waals surface area contributed by atoms with Gasteiger partial charge in [0.05, 0.1) is 11.1 Å². The lowest BCUT2D eigenvalue weighted by Crippen LogP contribution is -2.31. The van der Waals surface area contributed by atoms with Crippen molar-refractivity contribution in [1.82, 2.24) is 4.90 Å². The maximum absolute atomic E-state index is 12.9. The molecule has 5 heteroatoms. The van der Waals surface area contributed by atoms with Crippen LogP contribution in [0.2, 0.25) is 5.02 Å². The number of carbonyl (C=O) groups excluding carboxylic acids is 1. The zero-order chi connectivity index (χ0) is 19.8. The molecule has 144 valence electrons. The highest BCUT2D eigenvalue weighted by atomic mass is 35.5. The first kappa shape index (κ1) is 18.0. The Labute approximate surface area is 173 Å². The van der Waals surface area contributed by atoms with Crippen LogP contribution in [0.1, 0.15) is 27.0 Å². The second kappa shape index (κ2) is 7.39. The summed E-state index contributed by atoms with van der Waals surface area (Å²) in [5.41, 5.74) is 3.52. The molecule has 0 saturated carbocycles. The SMILES string of the molecule is O=C1/C(=C/c2cccc(Cl)c2)Oc2c1ccc1c2CN(Cc2ccccc2)CO1. The molecule has 3 aromatic carbocycles. The zero-order valence-corrected chi connectivity index (χ0v) is 16.4. The number of nitrogens with zero attached hydrogens (tertiary/aromatic N) is 1. The van der Waals surface area contributed by atoms with Gasteiger partial charge in [-0.2, -0.15) is 0 Å². The largest absolute Gasteiger partial charge is 0.478 e. The van der Waals surface area contributed by atoms with Crippen LogP contribution < -0.4 is 9.47 Å². The van der Waals surface area contributed by atoms with Crippen molar-refractivity contribution in [2.24, 2.45) is 0 Å². The Morgan fingerprint density at radius 3 is 2.72 bits per heavy atom. The van der Waals surface area contributed by atoms with Gasteiger partial charge in [-0.05, 0) is 41.5 Å². The van der Waals surface area contributed by atoms with Gasteiger partial charge in [0, 0.05) is 18.1 Å². The van der Waals surface area contributed by atoms with Crippen LogP contribution in [0, 0.1) is 0 Å². The number of fused-ring (bicyclic) bond motifs is 3.